The second-order valence-corrected chi connectivity index (χ2v) is 17.0. The van der Waals surface area contributed by atoms with E-state index >= 15 is 0 Å². The number of unbranched alkanes of at least 4 members (excludes halogenated alkanes) is 33. The van der Waals surface area contributed by atoms with Crippen molar-refractivity contribution in [2.75, 3.05) is 6.61 Å². The monoisotopic (exact) mass is 788 g/mol. The third-order valence-corrected chi connectivity index (χ3v) is 11.5. The molecule has 56 heavy (non-hydrogen) atoms. The number of hydrogen-bond acceptors (Lipinski definition) is 4. The normalized spacial score (nSPS) is 13.7. The van der Waals surface area contributed by atoms with E-state index in [0.29, 0.717) is 6.42 Å². The summed E-state index contributed by atoms with van der Waals surface area (Å²) in [5, 5.41) is 33.2. The fourth-order valence-electron chi connectivity index (χ4n) is 7.55. The molecule has 0 aliphatic heterocycles. The Hall–Kier alpha value is -1.43. The van der Waals surface area contributed by atoms with Crippen molar-refractivity contribution in [3.05, 3.63) is 36.5 Å². The highest BCUT2D eigenvalue weighted by molar-refractivity contribution is 5.80. The minimum Gasteiger partial charge on any atom is -0.394 e. The van der Waals surface area contributed by atoms with Crippen LogP contribution in [0.25, 0.3) is 0 Å². The highest BCUT2D eigenvalue weighted by Gasteiger charge is 2.22. The van der Waals surface area contributed by atoms with Gasteiger partial charge in [0.1, 0.15) is 6.10 Å². The van der Waals surface area contributed by atoms with Crippen LogP contribution in [0.2, 0.25) is 0 Å². The van der Waals surface area contributed by atoms with Crippen LogP contribution in [0.3, 0.4) is 0 Å². The largest absolute Gasteiger partial charge is 0.394 e. The van der Waals surface area contributed by atoms with Gasteiger partial charge in [-0.2, -0.15) is 0 Å². The fourth-order valence-corrected chi connectivity index (χ4v) is 7.55. The molecule has 0 bridgehead atoms. The highest BCUT2D eigenvalue weighted by Crippen LogP contribution is 2.16. The molecule has 3 unspecified atom stereocenters. The van der Waals surface area contributed by atoms with Crippen molar-refractivity contribution in [2.24, 2.45) is 0 Å². The van der Waals surface area contributed by atoms with Crippen molar-refractivity contribution >= 4 is 5.91 Å². The van der Waals surface area contributed by atoms with Crippen LogP contribution >= 0.6 is 0 Å². The van der Waals surface area contributed by atoms with Crippen molar-refractivity contribution < 1.29 is 20.1 Å². The maximum Gasteiger partial charge on any atom is 0.249 e. The second kappa shape index (κ2) is 46.3. The molecule has 0 aromatic rings. The summed E-state index contributed by atoms with van der Waals surface area (Å²) in [5.74, 6) is -0.520. The average molecular weight is 788 g/mol. The molecule has 0 aliphatic carbocycles. The summed E-state index contributed by atoms with van der Waals surface area (Å²) in [4.78, 5) is 12.5. The number of nitrogens with one attached hydrogen (secondary N) is 1. The first-order valence-electron chi connectivity index (χ1n) is 24.8. The quantitative estimate of drug-likeness (QED) is 0.0365. The maximum absolute atomic E-state index is 12.5. The van der Waals surface area contributed by atoms with Crippen LogP contribution in [-0.4, -0.2) is 46.1 Å². The minimum absolute atomic E-state index is 0.379. The predicted octanol–water partition coefficient (Wildman–Crippen LogP) is 14.7. The molecular formula is C51H97NO4. The average Bonchev–Trinajstić information content (AvgIpc) is 3.20. The lowest BCUT2D eigenvalue weighted by molar-refractivity contribution is -0.131. The first-order chi connectivity index (χ1) is 27.6. The lowest BCUT2D eigenvalue weighted by atomic mass is 10.0. The Morgan fingerprint density at radius 2 is 0.732 bits per heavy atom. The lowest BCUT2D eigenvalue weighted by Gasteiger charge is -2.21. The van der Waals surface area contributed by atoms with E-state index in [1.807, 2.05) is 6.08 Å². The van der Waals surface area contributed by atoms with Gasteiger partial charge in [-0.15, -0.1) is 0 Å². The Morgan fingerprint density at radius 3 is 1.09 bits per heavy atom. The van der Waals surface area contributed by atoms with E-state index in [2.05, 4.69) is 43.5 Å². The van der Waals surface area contributed by atoms with Gasteiger partial charge in [0, 0.05) is 0 Å². The first-order valence-corrected chi connectivity index (χ1v) is 24.8. The topological polar surface area (TPSA) is 89.8 Å². The van der Waals surface area contributed by atoms with E-state index in [4.69, 9.17) is 0 Å². The number of aliphatic hydroxyl groups is 3. The Kier molecular flexibility index (Phi) is 45.1. The molecule has 1 amide bonds. The zero-order valence-corrected chi connectivity index (χ0v) is 37.5. The molecule has 5 nitrogen and oxygen atoms in total. The standard InChI is InChI=1S/C51H97NO4/c1-3-5-7-9-11-13-15-17-19-21-22-23-24-25-26-27-28-30-31-33-35-37-39-41-43-45-49(54)48(47-53)52-51(56)50(55)46-44-42-40-38-36-34-32-29-20-18-16-14-12-10-8-6-4-2/h32,34-35,37,43,45,48-50,53-55H,3-31,33,36,38-42,44,46-47H2,1-2H3,(H,52,56)/b34-32-,37-35+,45-43+. The van der Waals surface area contributed by atoms with E-state index in [0.717, 1.165) is 51.4 Å². The molecule has 0 aromatic carbocycles. The Bertz CT molecular complexity index is 870. The third kappa shape index (κ3) is 40.8. The molecule has 0 rings (SSSR count). The second-order valence-electron chi connectivity index (χ2n) is 17.0. The number of carbonyl (C=O) groups is 1. The molecule has 0 heterocycles. The van der Waals surface area contributed by atoms with Crippen molar-refractivity contribution in [3.8, 4) is 0 Å². The number of amides is 1. The number of hydrogen-bond donors (Lipinski definition) is 4. The molecule has 0 aromatic heterocycles. The molecule has 5 heteroatoms. The summed E-state index contributed by atoms with van der Waals surface area (Å²) in [7, 11) is 0. The van der Waals surface area contributed by atoms with Gasteiger partial charge in [0.2, 0.25) is 5.91 Å². The van der Waals surface area contributed by atoms with Gasteiger partial charge in [-0.25, -0.2) is 0 Å². The summed E-state index contributed by atoms with van der Waals surface area (Å²) >= 11 is 0. The number of carbonyl (C=O) groups excluding carboxylic acids is 1. The summed E-state index contributed by atoms with van der Waals surface area (Å²) in [6.07, 6.45) is 59.1. The van der Waals surface area contributed by atoms with Gasteiger partial charge in [-0.1, -0.05) is 237 Å². The maximum atomic E-state index is 12.5. The lowest BCUT2D eigenvalue weighted by Crippen LogP contribution is -2.48. The highest BCUT2D eigenvalue weighted by atomic mass is 16.3. The number of allylic oxidation sites excluding steroid dienone is 5. The summed E-state index contributed by atoms with van der Waals surface area (Å²) in [6.45, 7) is 4.18. The molecule has 0 radical (unpaired) electrons. The van der Waals surface area contributed by atoms with E-state index in [1.54, 1.807) is 6.08 Å². The summed E-state index contributed by atoms with van der Waals surface area (Å²) in [6, 6.07) is -0.819. The van der Waals surface area contributed by atoms with Gasteiger partial charge in [-0.3, -0.25) is 4.79 Å². The predicted molar refractivity (Wildman–Crippen MR) is 245 cm³/mol. The minimum atomic E-state index is -1.12. The molecule has 0 spiro atoms. The van der Waals surface area contributed by atoms with Gasteiger partial charge in [0.25, 0.3) is 0 Å². The third-order valence-electron chi connectivity index (χ3n) is 11.5. The van der Waals surface area contributed by atoms with E-state index in [9.17, 15) is 20.1 Å². The molecule has 330 valence electrons. The van der Waals surface area contributed by atoms with Crippen LogP contribution in [0.1, 0.15) is 258 Å². The molecular weight excluding hydrogens is 691 g/mol. The van der Waals surface area contributed by atoms with Gasteiger partial charge in [0.15, 0.2) is 0 Å². The van der Waals surface area contributed by atoms with Crippen LogP contribution in [0.5, 0.6) is 0 Å². The van der Waals surface area contributed by atoms with Gasteiger partial charge in [0.05, 0.1) is 18.8 Å². The van der Waals surface area contributed by atoms with E-state index in [1.165, 1.54) is 186 Å². The van der Waals surface area contributed by atoms with Crippen LogP contribution in [0.15, 0.2) is 36.5 Å². The van der Waals surface area contributed by atoms with Crippen molar-refractivity contribution in [2.45, 2.75) is 276 Å². The van der Waals surface area contributed by atoms with E-state index in [-0.39, 0.29) is 6.61 Å². The van der Waals surface area contributed by atoms with Crippen LogP contribution < -0.4 is 5.32 Å². The van der Waals surface area contributed by atoms with Crippen molar-refractivity contribution in [1.29, 1.82) is 0 Å². The number of aliphatic hydroxyl groups excluding tert-OH is 3. The summed E-state index contributed by atoms with van der Waals surface area (Å²) in [5.41, 5.74) is 0. The van der Waals surface area contributed by atoms with Crippen LogP contribution in [-0.2, 0) is 4.79 Å². The van der Waals surface area contributed by atoms with Crippen LogP contribution in [0, 0.1) is 0 Å². The van der Waals surface area contributed by atoms with Gasteiger partial charge >= 0.3 is 0 Å². The Balaban J connectivity index is 3.66. The summed E-state index contributed by atoms with van der Waals surface area (Å²) < 4.78 is 0. The molecule has 4 N–H and O–H groups in total. The van der Waals surface area contributed by atoms with Gasteiger partial charge < -0.3 is 20.6 Å². The smallest absolute Gasteiger partial charge is 0.249 e. The molecule has 0 aliphatic rings. The molecule has 0 saturated heterocycles. The number of rotatable bonds is 45. The molecule has 3 atom stereocenters. The first kappa shape index (κ1) is 54.6. The zero-order valence-electron chi connectivity index (χ0n) is 37.5. The van der Waals surface area contributed by atoms with E-state index < -0.39 is 24.2 Å². The molecule has 0 saturated carbocycles. The zero-order chi connectivity index (χ0) is 40.8. The van der Waals surface area contributed by atoms with Crippen molar-refractivity contribution in [3.63, 3.8) is 0 Å². The Labute approximate surface area is 349 Å². The van der Waals surface area contributed by atoms with Gasteiger partial charge in [-0.05, 0) is 57.8 Å². The van der Waals surface area contributed by atoms with Crippen molar-refractivity contribution in [1.82, 2.24) is 5.32 Å². The SMILES string of the molecule is CCCCCCCCCCC/C=C\CCCCCCC(O)C(=O)NC(CO)C(O)/C=C/CC/C=C/CCCCCCCCCCCCCCCCCCCCC. The Morgan fingerprint density at radius 1 is 0.429 bits per heavy atom. The van der Waals surface area contributed by atoms with Crippen LogP contribution in [0.4, 0.5) is 0 Å². The molecule has 0 fully saturated rings. The fraction of sp³-hybridized carbons (Fsp3) is 0.863.